The number of hydrogen-bond donors (Lipinski definition) is 0. The maximum Gasteiger partial charge on any atom is 0 e. The van der Waals surface area contributed by atoms with Crippen molar-refractivity contribution in [2.75, 3.05) is 0 Å². The molecular weight excluding hydrogens is 704 g/mol. The molecule has 0 unspecified atom stereocenters. The number of hydrogen-bond acceptors (Lipinski definition) is 0. The summed E-state index contributed by atoms with van der Waals surface area (Å²) in [6, 6.07) is 55.4. The van der Waals surface area contributed by atoms with Gasteiger partial charge in [-0.25, -0.2) is 0 Å². The number of halogens is 1. The molecule has 245 valence electrons. The average molecular weight is 750 g/mol. The SMILES string of the molecule is Cc1[c-]cccc1.[Cl][Ni].[Fe].c1ccc(P(c2ccccc2)C2CCCC2)cc1.c1ccc(P(c2ccccc2)C2CCCC2)cc1. The van der Waals surface area contributed by atoms with Gasteiger partial charge in [0, 0.05) is 17.1 Å². The van der Waals surface area contributed by atoms with Gasteiger partial charge in [0.25, 0.3) is 0 Å². The Balaban J connectivity index is 0.000000196. The summed E-state index contributed by atoms with van der Waals surface area (Å²) in [6.45, 7) is 2.03. The number of rotatable bonds is 6. The molecule has 7 rings (SSSR count). The van der Waals surface area contributed by atoms with Crippen LogP contribution in [0.2, 0.25) is 0 Å². The fourth-order valence-corrected chi connectivity index (χ4v) is 12.3. The number of aryl methyl sites for hydroxylation is 1. The molecule has 2 fully saturated rings. The van der Waals surface area contributed by atoms with Crippen molar-refractivity contribution in [2.45, 2.75) is 69.6 Å². The summed E-state index contributed by atoms with van der Waals surface area (Å²) < 4.78 is 0. The first-order chi connectivity index (χ1) is 22.3. The average Bonchev–Trinajstić information content (AvgIpc) is 3.85. The molecule has 0 heterocycles. The van der Waals surface area contributed by atoms with Crippen LogP contribution in [0.3, 0.4) is 0 Å². The van der Waals surface area contributed by atoms with Crippen LogP contribution in [-0.4, -0.2) is 11.3 Å². The summed E-state index contributed by atoms with van der Waals surface area (Å²) >= 11 is 3.35. The van der Waals surface area contributed by atoms with E-state index in [1.54, 1.807) is 21.2 Å². The van der Waals surface area contributed by atoms with Gasteiger partial charge in [-0.05, 0) is 74.1 Å². The van der Waals surface area contributed by atoms with Crippen LogP contribution in [-0.2, 0) is 31.6 Å². The molecule has 0 bridgehead atoms. The van der Waals surface area contributed by atoms with E-state index in [0.29, 0.717) is 0 Å². The first-order valence-corrected chi connectivity index (χ1v) is 20.3. The van der Waals surface area contributed by atoms with E-state index in [1.165, 1.54) is 56.9 Å². The van der Waals surface area contributed by atoms with E-state index in [4.69, 9.17) is 0 Å². The van der Waals surface area contributed by atoms with Gasteiger partial charge in [-0.15, -0.1) is 0 Å². The molecule has 5 aromatic carbocycles. The van der Waals surface area contributed by atoms with Crippen molar-refractivity contribution in [1.82, 2.24) is 0 Å². The van der Waals surface area contributed by atoms with Gasteiger partial charge in [-0.3, -0.25) is 0 Å². The topological polar surface area (TPSA) is 0 Å². The van der Waals surface area contributed by atoms with E-state index in [-0.39, 0.29) is 32.9 Å². The normalized spacial score (nSPS) is 14.2. The van der Waals surface area contributed by atoms with Crippen LogP contribution >= 0.6 is 26.0 Å². The summed E-state index contributed by atoms with van der Waals surface area (Å²) in [5.74, 6) is 0. The molecule has 0 radical (unpaired) electrons. The van der Waals surface area contributed by atoms with Crippen molar-refractivity contribution < 1.29 is 31.6 Å². The van der Waals surface area contributed by atoms with Crippen LogP contribution in [0, 0.1) is 13.0 Å². The van der Waals surface area contributed by atoms with Crippen LogP contribution in [0.1, 0.15) is 56.9 Å². The van der Waals surface area contributed by atoms with Crippen LogP contribution in [0.15, 0.2) is 146 Å². The van der Waals surface area contributed by atoms with Gasteiger partial charge in [0.15, 0.2) is 0 Å². The summed E-state index contributed by atoms with van der Waals surface area (Å²) in [5, 5.41) is 6.19. The molecule has 5 aromatic rings. The van der Waals surface area contributed by atoms with Gasteiger partial charge in [0.2, 0.25) is 0 Å². The van der Waals surface area contributed by atoms with E-state index in [9.17, 15) is 0 Å². The Morgan fingerprint density at radius 2 is 0.761 bits per heavy atom. The zero-order valence-corrected chi connectivity index (χ0v) is 31.2. The minimum absolute atomic E-state index is 0. The fraction of sp³-hybridized carbons (Fsp3) is 0.268. The summed E-state index contributed by atoms with van der Waals surface area (Å²) in [4.78, 5) is 0. The Bertz CT molecular complexity index is 1260. The van der Waals surface area contributed by atoms with Crippen molar-refractivity contribution in [2.24, 2.45) is 0 Å². The fourth-order valence-electron chi connectivity index (χ4n) is 6.30. The van der Waals surface area contributed by atoms with E-state index >= 15 is 0 Å². The van der Waals surface area contributed by atoms with Crippen molar-refractivity contribution in [3.05, 3.63) is 157 Å². The molecule has 0 saturated heterocycles. The second kappa shape index (κ2) is 22.8. The Labute approximate surface area is 303 Å². The van der Waals surface area contributed by atoms with Gasteiger partial charge in [-0.1, -0.05) is 154 Å². The second-order valence-corrected chi connectivity index (χ2v) is 16.5. The Kier molecular flexibility index (Phi) is 19.2. The van der Waals surface area contributed by atoms with E-state index in [1.807, 2.05) is 31.2 Å². The van der Waals surface area contributed by atoms with Crippen LogP contribution in [0.5, 0.6) is 0 Å². The van der Waals surface area contributed by atoms with Gasteiger partial charge < -0.3 is 0 Å². The summed E-state index contributed by atoms with van der Waals surface area (Å²) in [7, 11) is 3.96. The van der Waals surface area contributed by atoms with Crippen LogP contribution in [0.25, 0.3) is 0 Å². The molecule has 0 aliphatic heterocycles. The first-order valence-electron chi connectivity index (χ1n) is 16.1. The second-order valence-electron chi connectivity index (χ2n) is 11.5. The molecule has 5 heteroatoms. The Hall–Kier alpha value is -1.74. The monoisotopic (exact) mass is 748 g/mol. The van der Waals surface area contributed by atoms with Crippen molar-refractivity contribution >= 4 is 47.3 Å². The molecule has 0 spiro atoms. The van der Waals surface area contributed by atoms with Crippen LogP contribution in [0.4, 0.5) is 0 Å². The van der Waals surface area contributed by atoms with Crippen LogP contribution < -0.4 is 21.2 Å². The quantitative estimate of drug-likeness (QED) is 0.0922. The van der Waals surface area contributed by atoms with Gasteiger partial charge in [0.1, 0.15) is 0 Å². The molecule has 2 aliphatic carbocycles. The standard InChI is InChI=1S/2C17H19P.C7H7.ClH.Fe.Ni/c2*1-3-9-15(10-4-1)18(17-13-7-8-14-17)16-11-5-2-6-12-16;1-7-5-3-2-4-6-7;;;/h2*1-6,9-12,17H,7-8,13-14H2;2-5H,1H3;1H;;/q;;-1;;;+1/p-1. The third kappa shape index (κ3) is 12.4. The maximum atomic E-state index is 4.26. The molecule has 0 aromatic heterocycles. The molecular formula is C41H45ClFeNiP2-. The number of benzene rings is 5. The third-order valence-electron chi connectivity index (χ3n) is 8.38. The smallest absolute Gasteiger partial charge is 0 e. The predicted octanol–water partition coefficient (Wildman–Crippen LogP) is 10.6. The summed E-state index contributed by atoms with van der Waals surface area (Å²) in [6.07, 6.45) is 11.3. The molecule has 0 atom stereocenters. The Morgan fingerprint density at radius 1 is 0.478 bits per heavy atom. The predicted molar refractivity (Wildman–Crippen MR) is 199 cm³/mol. The van der Waals surface area contributed by atoms with Gasteiger partial charge in [0.05, 0.1) is 0 Å². The van der Waals surface area contributed by atoms with E-state index < -0.39 is 0 Å². The minimum atomic E-state index is -0.152. The van der Waals surface area contributed by atoms with Gasteiger partial charge >= 0.3 is 24.8 Å². The molecule has 2 saturated carbocycles. The summed E-state index contributed by atoms with van der Waals surface area (Å²) in [5.41, 5.74) is 2.98. The Morgan fingerprint density at radius 3 is 0.978 bits per heavy atom. The molecule has 0 N–H and O–H groups in total. The van der Waals surface area contributed by atoms with Crippen molar-refractivity contribution in [3.63, 3.8) is 0 Å². The minimum Gasteiger partial charge on any atom is -0.0622 e. The largest absolute Gasteiger partial charge is 0.0622 e. The van der Waals surface area contributed by atoms with E-state index in [0.717, 1.165) is 11.3 Å². The zero-order chi connectivity index (χ0) is 31.5. The third-order valence-corrected chi connectivity index (χ3v) is 14.3. The zero-order valence-electron chi connectivity index (χ0n) is 26.6. The maximum absolute atomic E-state index is 4.26. The van der Waals surface area contributed by atoms with Crippen molar-refractivity contribution in [3.8, 4) is 0 Å². The molecule has 2 aliphatic rings. The van der Waals surface area contributed by atoms with Crippen molar-refractivity contribution in [1.29, 1.82) is 0 Å². The van der Waals surface area contributed by atoms with Gasteiger partial charge in [-0.2, -0.15) is 35.9 Å². The molecule has 0 nitrogen and oxygen atoms in total. The van der Waals surface area contributed by atoms with E-state index in [2.05, 4.69) is 152 Å². The first kappa shape index (κ1) is 38.7. The molecule has 0 amide bonds. The molecule has 46 heavy (non-hydrogen) atoms.